The van der Waals surface area contributed by atoms with Gasteiger partial charge < -0.3 is 10.1 Å². The van der Waals surface area contributed by atoms with Crippen LogP contribution in [0.25, 0.3) is 0 Å². The summed E-state index contributed by atoms with van der Waals surface area (Å²) >= 11 is 5.52. The monoisotopic (exact) mass is 350 g/mol. The van der Waals surface area contributed by atoms with Crippen LogP contribution in [0.3, 0.4) is 0 Å². The molecule has 1 unspecified atom stereocenters. The Morgan fingerprint density at radius 3 is 2.83 bits per heavy atom. The molecule has 0 fully saturated rings. The molecule has 6 nitrogen and oxygen atoms in total. The molecule has 0 bridgehead atoms. The first-order valence-corrected chi connectivity index (χ1v) is 6.72. The minimum atomic E-state index is -4.43. The summed E-state index contributed by atoms with van der Waals surface area (Å²) in [6, 6.07) is 0.424. The van der Waals surface area contributed by atoms with Crippen LogP contribution in [0.2, 0.25) is 0 Å². The van der Waals surface area contributed by atoms with E-state index in [-0.39, 0.29) is 0 Å². The standard InChI is InChI=1S/C13H14ClF3N4O2/c1-23-9-4-8(5-19-6-9)20-7-10(12(14)18)21-11(22)2-3-13(15,16)17/h4-7,10,18H,2-3H2,1H3,(H,21,22). The maximum atomic E-state index is 12.1. The zero-order chi connectivity index (χ0) is 17.5. The molecule has 23 heavy (non-hydrogen) atoms. The fourth-order valence-electron chi connectivity index (χ4n) is 1.42. The fourth-order valence-corrected chi connectivity index (χ4v) is 1.53. The van der Waals surface area contributed by atoms with E-state index < -0.39 is 36.1 Å². The van der Waals surface area contributed by atoms with Gasteiger partial charge in [-0.3, -0.25) is 20.2 Å². The summed E-state index contributed by atoms with van der Waals surface area (Å²) in [5.41, 5.74) is 0.372. The first-order valence-electron chi connectivity index (χ1n) is 6.34. The molecular weight excluding hydrogens is 337 g/mol. The van der Waals surface area contributed by atoms with E-state index in [1.807, 2.05) is 0 Å². The lowest BCUT2D eigenvalue weighted by atomic mass is 10.2. The van der Waals surface area contributed by atoms with Crippen molar-refractivity contribution in [2.24, 2.45) is 4.99 Å². The zero-order valence-corrected chi connectivity index (χ0v) is 12.8. The molecule has 1 aromatic rings. The van der Waals surface area contributed by atoms with Crippen LogP contribution in [-0.4, -0.2) is 41.6 Å². The molecular formula is C13H14ClF3N4O2. The SMILES string of the molecule is COc1cncc(N=CC(NC(=O)CCC(F)(F)F)C(=N)Cl)c1. The molecule has 0 saturated heterocycles. The van der Waals surface area contributed by atoms with Gasteiger partial charge in [-0.05, 0) is 0 Å². The van der Waals surface area contributed by atoms with E-state index in [2.05, 4.69) is 15.3 Å². The van der Waals surface area contributed by atoms with E-state index in [1.165, 1.54) is 19.5 Å². The molecule has 1 amide bonds. The van der Waals surface area contributed by atoms with Gasteiger partial charge in [-0.2, -0.15) is 13.2 Å². The molecule has 1 aromatic heterocycles. The van der Waals surface area contributed by atoms with E-state index in [9.17, 15) is 18.0 Å². The molecule has 1 atom stereocenters. The van der Waals surface area contributed by atoms with Crippen LogP contribution in [0.4, 0.5) is 18.9 Å². The Labute approximate surface area is 135 Å². The maximum absolute atomic E-state index is 12.1. The summed E-state index contributed by atoms with van der Waals surface area (Å²) in [4.78, 5) is 19.3. The van der Waals surface area contributed by atoms with Gasteiger partial charge in [0.15, 0.2) is 0 Å². The predicted molar refractivity (Wildman–Crippen MR) is 79.7 cm³/mol. The smallest absolute Gasteiger partial charge is 0.389 e. The molecule has 126 valence electrons. The predicted octanol–water partition coefficient (Wildman–Crippen LogP) is 2.84. The van der Waals surface area contributed by atoms with Gasteiger partial charge in [-0.1, -0.05) is 11.6 Å². The van der Waals surface area contributed by atoms with Crippen molar-refractivity contribution in [1.82, 2.24) is 10.3 Å². The number of nitrogens with one attached hydrogen (secondary N) is 2. The number of hydrogen-bond acceptors (Lipinski definition) is 5. The summed E-state index contributed by atoms with van der Waals surface area (Å²) in [5.74, 6) is -0.431. The number of halogens is 4. The van der Waals surface area contributed by atoms with Crippen LogP contribution in [0.1, 0.15) is 12.8 Å². The van der Waals surface area contributed by atoms with Gasteiger partial charge in [0.2, 0.25) is 5.91 Å². The van der Waals surface area contributed by atoms with E-state index in [0.29, 0.717) is 11.4 Å². The quantitative estimate of drug-likeness (QED) is 0.741. The topological polar surface area (TPSA) is 87.4 Å². The van der Waals surface area contributed by atoms with Gasteiger partial charge in [-0.15, -0.1) is 0 Å². The van der Waals surface area contributed by atoms with E-state index >= 15 is 0 Å². The van der Waals surface area contributed by atoms with Gasteiger partial charge in [0.25, 0.3) is 0 Å². The highest BCUT2D eigenvalue weighted by Crippen LogP contribution is 2.21. The lowest BCUT2D eigenvalue weighted by Crippen LogP contribution is -2.40. The number of amides is 1. The first kappa shape index (κ1) is 18.9. The lowest BCUT2D eigenvalue weighted by Gasteiger charge is -2.12. The third-order valence-electron chi connectivity index (χ3n) is 2.53. The maximum Gasteiger partial charge on any atom is 0.389 e. The number of carbonyl (C=O) groups is 1. The molecule has 1 rings (SSSR count). The fraction of sp³-hybridized carbons (Fsp3) is 0.385. The molecule has 0 aliphatic rings. The summed E-state index contributed by atoms with van der Waals surface area (Å²) in [5, 5.41) is 9.05. The minimum absolute atomic E-state index is 0.372. The molecule has 0 radical (unpaired) electrons. The second-order valence-corrected chi connectivity index (χ2v) is 4.78. The van der Waals surface area contributed by atoms with Crippen LogP contribution >= 0.6 is 11.6 Å². The van der Waals surface area contributed by atoms with Crippen molar-refractivity contribution >= 4 is 34.6 Å². The number of rotatable bonds is 7. The average molecular weight is 351 g/mol. The van der Waals surface area contributed by atoms with Crippen molar-refractivity contribution in [1.29, 1.82) is 5.41 Å². The molecule has 0 spiro atoms. The Balaban J connectivity index is 2.69. The van der Waals surface area contributed by atoms with Crippen molar-refractivity contribution in [3.63, 3.8) is 0 Å². The third-order valence-corrected chi connectivity index (χ3v) is 2.77. The number of aromatic nitrogens is 1. The number of hydrogen-bond donors (Lipinski definition) is 2. The van der Waals surface area contributed by atoms with Crippen LogP contribution in [0.5, 0.6) is 5.75 Å². The van der Waals surface area contributed by atoms with Gasteiger partial charge in [0.1, 0.15) is 17.0 Å². The number of pyridine rings is 1. The van der Waals surface area contributed by atoms with E-state index in [4.69, 9.17) is 21.7 Å². The highest BCUT2D eigenvalue weighted by atomic mass is 35.5. The Hall–Kier alpha value is -2.16. The highest BCUT2D eigenvalue weighted by Gasteiger charge is 2.28. The lowest BCUT2D eigenvalue weighted by molar-refractivity contribution is -0.144. The van der Waals surface area contributed by atoms with Crippen molar-refractivity contribution in [2.75, 3.05) is 7.11 Å². The number of ether oxygens (including phenoxy) is 1. The Bertz CT molecular complexity index is 593. The molecule has 2 N–H and O–H groups in total. The third kappa shape index (κ3) is 7.59. The van der Waals surface area contributed by atoms with Crippen LogP contribution in [0.15, 0.2) is 23.5 Å². The van der Waals surface area contributed by atoms with Crippen LogP contribution in [0, 0.1) is 5.41 Å². The largest absolute Gasteiger partial charge is 0.495 e. The van der Waals surface area contributed by atoms with Crippen molar-refractivity contribution in [2.45, 2.75) is 25.1 Å². The molecule has 0 aliphatic carbocycles. The van der Waals surface area contributed by atoms with Crippen molar-refractivity contribution < 1.29 is 22.7 Å². The summed E-state index contributed by atoms with van der Waals surface area (Å²) in [6.07, 6.45) is -2.44. The van der Waals surface area contributed by atoms with Crippen LogP contribution < -0.4 is 10.1 Å². The Morgan fingerprint density at radius 1 is 1.57 bits per heavy atom. The summed E-state index contributed by atoms with van der Waals surface area (Å²) in [7, 11) is 1.45. The van der Waals surface area contributed by atoms with Crippen molar-refractivity contribution in [3.05, 3.63) is 18.5 Å². The zero-order valence-electron chi connectivity index (χ0n) is 12.0. The molecule has 10 heteroatoms. The van der Waals surface area contributed by atoms with E-state index in [0.717, 1.165) is 6.21 Å². The summed E-state index contributed by atoms with van der Waals surface area (Å²) < 4.78 is 41.1. The second-order valence-electron chi connectivity index (χ2n) is 4.37. The first-order chi connectivity index (χ1) is 10.7. The number of nitrogens with zero attached hydrogens (tertiary/aromatic N) is 2. The van der Waals surface area contributed by atoms with Gasteiger partial charge in [0, 0.05) is 18.7 Å². The second kappa shape index (κ2) is 8.47. The molecule has 0 aromatic carbocycles. The molecule has 0 saturated carbocycles. The number of methoxy groups -OCH3 is 1. The van der Waals surface area contributed by atoms with Gasteiger partial charge >= 0.3 is 6.18 Å². The van der Waals surface area contributed by atoms with Gasteiger partial charge in [0.05, 0.1) is 31.6 Å². The normalized spacial score (nSPS) is 12.9. The average Bonchev–Trinajstić information content (AvgIpc) is 2.48. The van der Waals surface area contributed by atoms with Gasteiger partial charge in [-0.25, -0.2) is 0 Å². The number of carbonyl (C=O) groups excluding carboxylic acids is 1. The molecule has 1 heterocycles. The highest BCUT2D eigenvalue weighted by molar-refractivity contribution is 6.67. The van der Waals surface area contributed by atoms with E-state index in [1.54, 1.807) is 6.07 Å². The Morgan fingerprint density at radius 2 is 2.26 bits per heavy atom. The Kier molecular flexibility index (Phi) is 6.95. The number of alkyl halides is 3. The summed E-state index contributed by atoms with van der Waals surface area (Å²) in [6.45, 7) is 0. The van der Waals surface area contributed by atoms with Crippen LogP contribution in [-0.2, 0) is 4.79 Å². The van der Waals surface area contributed by atoms with Crippen molar-refractivity contribution in [3.8, 4) is 5.75 Å². The molecule has 0 aliphatic heterocycles. The number of aliphatic imine (C=N–C) groups is 1. The minimum Gasteiger partial charge on any atom is -0.495 e.